The Morgan fingerprint density at radius 2 is 1.45 bits per heavy atom. The third kappa shape index (κ3) is 17.7. The number of ether oxygens (including phenoxy) is 1. The van der Waals surface area contributed by atoms with Crippen LogP contribution in [-0.4, -0.2) is 18.9 Å². The van der Waals surface area contributed by atoms with E-state index in [4.69, 9.17) is 0 Å². The first-order valence-electron chi connectivity index (χ1n) is 3.12. The second-order valence-corrected chi connectivity index (χ2v) is 2.18. The van der Waals surface area contributed by atoms with Crippen molar-refractivity contribution in [2.24, 2.45) is 0 Å². The van der Waals surface area contributed by atoms with Crippen molar-refractivity contribution < 1.29 is 14.3 Å². The van der Waals surface area contributed by atoms with Crippen LogP contribution in [0.4, 0.5) is 0 Å². The topological polar surface area (TPSA) is 43.4 Å². The predicted molar refractivity (Wildman–Crippen MR) is 43.2 cm³/mol. The molecule has 3 nitrogen and oxygen atoms in total. The lowest BCUT2D eigenvalue weighted by molar-refractivity contribution is -0.136. The van der Waals surface area contributed by atoms with Gasteiger partial charge < -0.3 is 9.53 Å². The van der Waals surface area contributed by atoms with Crippen molar-refractivity contribution in [2.75, 3.05) is 7.11 Å². The Labute approximate surface area is 67.0 Å². The van der Waals surface area contributed by atoms with Gasteiger partial charge in [0, 0.05) is 5.57 Å². The third-order valence-corrected chi connectivity index (χ3v) is 0.534. The van der Waals surface area contributed by atoms with E-state index in [1.165, 1.54) is 21.0 Å². The molecule has 0 fully saturated rings. The third-order valence-electron chi connectivity index (χ3n) is 0.534. The van der Waals surface area contributed by atoms with Crippen LogP contribution >= 0.6 is 0 Å². The van der Waals surface area contributed by atoms with E-state index < -0.39 is 0 Å². The maximum atomic E-state index is 10.2. The van der Waals surface area contributed by atoms with Crippen molar-refractivity contribution in [3.05, 3.63) is 12.2 Å². The molecular formula is C8H14O3. The summed E-state index contributed by atoms with van der Waals surface area (Å²) in [5.74, 6) is -0.181. The normalized spacial score (nSPS) is 7.27. The molecule has 0 heterocycles. The van der Waals surface area contributed by atoms with Gasteiger partial charge in [-0.1, -0.05) is 6.58 Å². The summed E-state index contributed by atoms with van der Waals surface area (Å²) < 4.78 is 4.27. The van der Waals surface area contributed by atoms with Crippen molar-refractivity contribution in [3.63, 3.8) is 0 Å². The highest BCUT2D eigenvalue weighted by Gasteiger charge is 1.95. The van der Waals surface area contributed by atoms with E-state index >= 15 is 0 Å². The van der Waals surface area contributed by atoms with Crippen molar-refractivity contribution in [3.8, 4) is 0 Å². The minimum absolute atomic E-state index is 0.167. The lowest BCUT2D eigenvalue weighted by atomic mass is 10.4. The van der Waals surface area contributed by atoms with Crippen LogP contribution in [0, 0.1) is 0 Å². The van der Waals surface area contributed by atoms with Crippen LogP contribution in [0.1, 0.15) is 20.8 Å². The highest BCUT2D eigenvalue weighted by Crippen LogP contribution is 1.87. The van der Waals surface area contributed by atoms with Crippen LogP contribution in [0.25, 0.3) is 0 Å². The van der Waals surface area contributed by atoms with Crippen LogP contribution in [0.5, 0.6) is 0 Å². The van der Waals surface area contributed by atoms with Crippen LogP contribution in [-0.2, 0) is 14.3 Å². The summed E-state index contributed by atoms with van der Waals surface area (Å²) in [6.07, 6.45) is 0. The van der Waals surface area contributed by atoms with Crippen molar-refractivity contribution >= 4 is 11.8 Å². The predicted octanol–water partition coefficient (Wildman–Crippen LogP) is 1.33. The van der Waals surface area contributed by atoms with Gasteiger partial charge in [-0.2, -0.15) is 0 Å². The lowest BCUT2D eigenvalue weighted by Crippen LogP contribution is -1.98. The fraction of sp³-hybridized carbons (Fsp3) is 0.500. The number of carbonyl (C=O) groups is 2. The average molecular weight is 158 g/mol. The first-order valence-corrected chi connectivity index (χ1v) is 3.12. The minimum atomic E-state index is -0.347. The Kier molecular flexibility index (Phi) is 7.98. The molecule has 0 saturated carbocycles. The van der Waals surface area contributed by atoms with E-state index in [0.29, 0.717) is 5.57 Å². The Balaban J connectivity index is 0. The molecule has 0 spiro atoms. The van der Waals surface area contributed by atoms with Gasteiger partial charge in [0.1, 0.15) is 5.78 Å². The SMILES string of the molecule is C=C(C)C(=O)OC.CC(C)=O. The van der Waals surface area contributed by atoms with E-state index in [0.717, 1.165) is 0 Å². The number of Topliss-reactive ketones (excluding diaryl/α,β-unsaturated/α-hetero) is 1. The second-order valence-electron chi connectivity index (χ2n) is 2.18. The molecule has 0 aliphatic rings. The molecule has 0 aliphatic carbocycles. The molecule has 0 saturated heterocycles. The molecule has 0 aromatic heterocycles. The van der Waals surface area contributed by atoms with Gasteiger partial charge in [-0.25, -0.2) is 4.79 Å². The molecule has 64 valence electrons. The van der Waals surface area contributed by atoms with E-state index in [9.17, 15) is 9.59 Å². The molecular weight excluding hydrogens is 144 g/mol. The number of carbonyl (C=O) groups excluding carboxylic acids is 2. The summed E-state index contributed by atoms with van der Waals surface area (Å²) in [6.45, 7) is 8.01. The molecule has 0 aromatic carbocycles. The van der Waals surface area contributed by atoms with Gasteiger partial charge in [0.2, 0.25) is 0 Å². The summed E-state index contributed by atoms with van der Waals surface area (Å²) in [7, 11) is 1.33. The largest absolute Gasteiger partial charge is 0.466 e. The second kappa shape index (κ2) is 6.99. The number of hydrogen-bond acceptors (Lipinski definition) is 3. The number of methoxy groups -OCH3 is 1. The number of rotatable bonds is 1. The summed E-state index contributed by atoms with van der Waals surface area (Å²) in [6, 6.07) is 0. The maximum absolute atomic E-state index is 10.2. The van der Waals surface area contributed by atoms with Crippen molar-refractivity contribution in [1.29, 1.82) is 0 Å². The first-order chi connectivity index (χ1) is 4.91. The summed E-state index contributed by atoms with van der Waals surface area (Å²) in [4.78, 5) is 19.6. The Hall–Kier alpha value is -1.12. The molecule has 0 N–H and O–H groups in total. The first kappa shape index (κ1) is 12.5. The maximum Gasteiger partial charge on any atom is 0.332 e. The Bertz CT molecular complexity index is 155. The zero-order chi connectivity index (χ0) is 9.44. The van der Waals surface area contributed by atoms with Crippen LogP contribution in [0.3, 0.4) is 0 Å². The quantitative estimate of drug-likeness (QED) is 0.427. The van der Waals surface area contributed by atoms with Gasteiger partial charge in [0.15, 0.2) is 0 Å². The van der Waals surface area contributed by atoms with Crippen LogP contribution < -0.4 is 0 Å². The van der Waals surface area contributed by atoms with E-state index in [2.05, 4.69) is 11.3 Å². The average Bonchev–Trinajstić information content (AvgIpc) is 1.85. The van der Waals surface area contributed by atoms with E-state index in [1.54, 1.807) is 6.92 Å². The fourth-order valence-electron chi connectivity index (χ4n) is 0.174. The molecule has 3 heteroatoms. The number of ketones is 1. The van der Waals surface area contributed by atoms with E-state index in [-0.39, 0.29) is 11.8 Å². The molecule has 0 bridgehead atoms. The van der Waals surface area contributed by atoms with Gasteiger partial charge in [0.05, 0.1) is 7.11 Å². The zero-order valence-corrected chi connectivity index (χ0v) is 7.43. The van der Waals surface area contributed by atoms with Gasteiger partial charge in [-0.3, -0.25) is 0 Å². The van der Waals surface area contributed by atoms with Gasteiger partial charge in [-0.05, 0) is 20.8 Å². The van der Waals surface area contributed by atoms with Crippen LogP contribution in [0.15, 0.2) is 12.2 Å². The summed E-state index contributed by atoms with van der Waals surface area (Å²) in [5.41, 5.74) is 0.433. The molecule has 0 amide bonds. The highest BCUT2D eigenvalue weighted by molar-refractivity contribution is 5.86. The zero-order valence-electron chi connectivity index (χ0n) is 7.43. The fourth-order valence-corrected chi connectivity index (χ4v) is 0.174. The van der Waals surface area contributed by atoms with Crippen molar-refractivity contribution in [1.82, 2.24) is 0 Å². The van der Waals surface area contributed by atoms with Crippen LogP contribution in [0.2, 0.25) is 0 Å². The smallest absolute Gasteiger partial charge is 0.332 e. The molecule has 0 unspecified atom stereocenters. The van der Waals surface area contributed by atoms with E-state index in [1.807, 2.05) is 0 Å². The molecule has 0 atom stereocenters. The summed E-state index contributed by atoms with van der Waals surface area (Å²) in [5, 5.41) is 0. The standard InChI is InChI=1S/C5H8O2.C3H6O/c1-4(2)5(6)7-3;1-3(2)4/h1H2,2-3H3;1-2H3. The van der Waals surface area contributed by atoms with Crippen molar-refractivity contribution in [2.45, 2.75) is 20.8 Å². The molecule has 0 aromatic rings. The highest BCUT2D eigenvalue weighted by atomic mass is 16.5. The number of hydrogen-bond donors (Lipinski definition) is 0. The Morgan fingerprint density at radius 3 is 1.45 bits per heavy atom. The molecule has 11 heavy (non-hydrogen) atoms. The van der Waals surface area contributed by atoms with Gasteiger partial charge in [0.25, 0.3) is 0 Å². The Morgan fingerprint density at radius 1 is 1.18 bits per heavy atom. The van der Waals surface area contributed by atoms with Gasteiger partial charge in [-0.15, -0.1) is 0 Å². The minimum Gasteiger partial charge on any atom is -0.466 e. The molecule has 0 radical (unpaired) electrons. The lowest BCUT2D eigenvalue weighted by Gasteiger charge is -1.91. The molecule has 0 aliphatic heterocycles. The molecule has 0 rings (SSSR count). The number of esters is 1. The summed E-state index contributed by atoms with van der Waals surface area (Å²) >= 11 is 0. The monoisotopic (exact) mass is 158 g/mol. The van der Waals surface area contributed by atoms with Gasteiger partial charge >= 0.3 is 5.97 Å².